The molecule has 1 aromatic rings. The Morgan fingerprint density at radius 2 is 2.05 bits per heavy atom. The molecule has 1 atom stereocenters. The van der Waals surface area contributed by atoms with E-state index in [0.717, 1.165) is 29.3 Å². The van der Waals surface area contributed by atoms with Gasteiger partial charge in [0.15, 0.2) is 0 Å². The number of nitro groups is 1. The number of rotatable bonds is 3. The molecule has 2 rings (SSSR count). The van der Waals surface area contributed by atoms with Gasteiger partial charge in [-0.25, -0.2) is 12.8 Å². The van der Waals surface area contributed by atoms with E-state index in [0.29, 0.717) is 18.9 Å². The zero-order chi connectivity index (χ0) is 15.6. The van der Waals surface area contributed by atoms with Crippen molar-refractivity contribution in [3.05, 3.63) is 34.1 Å². The highest BCUT2D eigenvalue weighted by Gasteiger charge is 2.33. The lowest BCUT2D eigenvalue weighted by atomic mass is 10.2. The summed E-state index contributed by atoms with van der Waals surface area (Å²) in [6.07, 6.45) is 2.14. The highest BCUT2D eigenvalue weighted by atomic mass is 32.2. The number of nitrogens with two attached hydrogens (primary N) is 1. The second-order valence-corrected chi connectivity index (χ2v) is 6.76. The average Bonchev–Trinajstić information content (AvgIpc) is 2.63. The van der Waals surface area contributed by atoms with Crippen LogP contribution in [0.5, 0.6) is 0 Å². The molecule has 7 nitrogen and oxygen atoms in total. The van der Waals surface area contributed by atoms with Crippen LogP contribution in [0.15, 0.2) is 23.1 Å². The van der Waals surface area contributed by atoms with Crippen molar-refractivity contribution in [1.29, 1.82) is 0 Å². The lowest BCUT2D eigenvalue weighted by Crippen LogP contribution is -2.45. The van der Waals surface area contributed by atoms with E-state index in [4.69, 9.17) is 5.73 Å². The van der Waals surface area contributed by atoms with E-state index in [1.807, 2.05) is 0 Å². The van der Waals surface area contributed by atoms with Gasteiger partial charge in [0.2, 0.25) is 10.0 Å². The van der Waals surface area contributed by atoms with Crippen LogP contribution in [-0.4, -0.2) is 30.4 Å². The Morgan fingerprint density at radius 1 is 1.33 bits per heavy atom. The van der Waals surface area contributed by atoms with Crippen molar-refractivity contribution in [2.45, 2.75) is 36.7 Å². The number of hydrogen-bond acceptors (Lipinski definition) is 5. The van der Waals surface area contributed by atoms with Gasteiger partial charge in [-0.05, 0) is 18.9 Å². The van der Waals surface area contributed by atoms with Crippen LogP contribution < -0.4 is 5.73 Å². The van der Waals surface area contributed by atoms with Crippen LogP contribution in [0.2, 0.25) is 0 Å². The lowest BCUT2D eigenvalue weighted by molar-refractivity contribution is -0.385. The topological polar surface area (TPSA) is 107 Å². The molecule has 1 saturated heterocycles. The minimum Gasteiger partial charge on any atom is -0.315 e. The normalized spacial score (nSPS) is 21.0. The van der Waals surface area contributed by atoms with E-state index in [-0.39, 0.29) is 6.54 Å². The minimum absolute atomic E-state index is 0.222. The van der Waals surface area contributed by atoms with Crippen molar-refractivity contribution in [3.63, 3.8) is 0 Å². The van der Waals surface area contributed by atoms with Gasteiger partial charge in [0.1, 0.15) is 10.7 Å². The number of nitrogens with zero attached hydrogens (tertiary/aromatic N) is 2. The first kappa shape index (κ1) is 15.8. The van der Waals surface area contributed by atoms with Crippen LogP contribution in [0.4, 0.5) is 10.1 Å². The van der Waals surface area contributed by atoms with Crippen LogP contribution in [0.3, 0.4) is 0 Å². The molecule has 116 valence electrons. The van der Waals surface area contributed by atoms with Gasteiger partial charge in [0, 0.05) is 12.6 Å². The van der Waals surface area contributed by atoms with Gasteiger partial charge in [-0.3, -0.25) is 10.1 Å². The van der Waals surface area contributed by atoms with Crippen molar-refractivity contribution in [2.24, 2.45) is 5.73 Å². The zero-order valence-corrected chi connectivity index (χ0v) is 12.1. The fourth-order valence-corrected chi connectivity index (χ4v) is 3.97. The maximum atomic E-state index is 13.9. The van der Waals surface area contributed by atoms with Gasteiger partial charge >= 0.3 is 0 Å². The van der Waals surface area contributed by atoms with Gasteiger partial charge in [-0.15, -0.1) is 0 Å². The van der Waals surface area contributed by atoms with Crippen molar-refractivity contribution in [3.8, 4) is 0 Å². The Labute approximate surface area is 121 Å². The molecule has 0 bridgehead atoms. The van der Waals surface area contributed by atoms with Crippen molar-refractivity contribution in [1.82, 2.24) is 4.31 Å². The first-order chi connectivity index (χ1) is 9.84. The van der Waals surface area contributed by atoms with Crippen LogP contribution in [0.1, 0.15) is 25.7 Å². The molecule has 1 heterocycles. The molecule has 0 aromatic heterocycles. The van der Waals surface area contributed by atoms with Gasteiger partial charge in [-0.2, -0.15) is 4.31 Å². The molecule has 21 heavy (non-hydrogen) atoms. The number of benzene rings is 1. The van der Waals surface area contributed by atoms with Crippen molar-refractivity contribution >= 4 is 15.7 Å². The molecule has 1 fully saturated rings. The van der Waals surface area contributed by atoms with Crippen LogP contribution in [-0.2, 0) is 10.0 Å². The molecular formula is C12H16FN3O4S. The lowest BCUT2D eigenvalue weighted by Gasteiger charge is -2.26. The summed E-state index contributed by atoms with van der Waals surface area (Å²) in [5.74, 6) is -1.14. The molecule has 0 radical (unpaired) electrons. The van der Waals surface area contributed by atoms with Crippen LogP contribution in [0, 0.1) is 15.9 Å². The van der Waals surface area contributed by atoms with Crippen molar-refractivity contribution < 1.29 is 17.7 Å². The van der Waals surface area contributed by atoms with Crippen LogP contribution >= 0.6 is 0 Å². The quantitative estimate of drug-likeness (QED) is 0.673. The second kappa shape index (κ2) is 6.04. The maximum Gasteiger partial charge on any atom is 0.272 e. The van der Waals surface area contributed by atoms with E-state index in [2.05, 4.69) is 0 Å². The predicted octanol–water partition coefficient (Wildman–Crippen LogP) is 1.58. The number of hydrogen-bond donors (Lipinski definition) is 1. The van der Waals surface area contributed by atoms with E-state index in [1.54, 1.807) is 0 Å². The zero-order valence-electron chi connectivity index (χ0n) is 11.2. The smallest absolute Gasteiger partial charge is 0.272 e. The summed E-state index contributed by atoms with van der Waals surface area (Å²) < 4.78 is 40.0. The average molecular weight is 317 g/mol. The van der Waals surface area contributed by atoms with Gasteiger partial charge in [-0.1, -0.05) is 12.8 Å². The third kappa shape index (κ3) is 3.20. The summed E-state index contributed by atoms with van der Waals surface area (Å²) in [5, 5.41) is 10.6. The summed E-state index contributed by atoms with van der Waals surface area (Å²) in [5.41, 5.74) is 5.35. The fraction of sp³-hybridized carbons (Fsp3) is 0.500. The van der Waals surface area contributed by atoms with E-state index in [1.165, 1.54) is 0 Å². The van der Waals surface area contributed by atoms with Crippen molar-refractivity contribution in [2.75, 3.05) is 6.54 Å². The standard InChI is InChI=1S/C12H16FN3O4S/c13-10-8-9(16(17)18)5-6-11(10)21(19,20)15-7-3-1-2-4-12(15)14/h5-6,8,12H,1-4,7,14H2. The minimum atomic E-state index is -4.10. The number of sulfonamides is 1. The Morgan fingerprint density at radius 3 is 2.67 bits per heavy atom. The predicted molar refractivity (Wildman–Crippen MR) is 73.4 cm³/mol. The highest BCUT2D eigenvalue weighted by molar-refractivity contribution is 7.89. The highest BCUT2D eigenvalue weighted by Crippen LogP contribution is 2.26. The molecule has 0 aliphatic carbocycles. The van der Waals surface area contributed by atoms with Gasteiger partial charge in [0.05, 0.1) is 17.2 Å². The molecule has 0 spiro atoms. The molecule has 0 amide bonds. The number of non-ortho nitro benzene ring substituents is 1. The van der Waals surface area contributed by atoms with E-state index >= 15 is 0 Å². The number of halogens is 1. The second-order valence-electron chi connectivity index (χ2n) is 4.90. The molecule has 2 N–H and O–H groups in total. The van der Waals surface area contributed by atoms with Crippen LogP contribution in [0.25, 0.3) is 0 Å². The molecule has 1 unspecified atom stereocenters. The van der Waals surface area contributed by atoms with E-state index < -0.39 is 37.5 Å². The Hall–Kier alpha value is -1.58. The molecular weight excluding hydrogens is 301 g/mol. The summed E-state index contributed by atoms with van der Waals surface area (Å²) in [4.78, 5) is 9.21. The fourth-order valence-electron chi connectivity index (χ4n) is 2.34. The third-order valence-corrected chi connectivity index (χ3v) is 5.42. The number of nitro benzene ring substituents is 1. The summed E-state index contributed by atoms with van der Waals surface area (Å²) in [6, 6.07) is 2.50. The largest absolute Gasteiger partial charge is 0.315 e. The molecule has 9 heteroatoms. The molecule has 1 aromatic carbocycles. The monoisotopic (exact) mass is 317 g/mol. The van der Waals surface area contributed by atoms with Gasteiger partial charge < -0.3 is 5.73 Å². The van der Waals surface area contributed by atoms with E-state index in [9.17, 15) is 22.9 Å². The summed E-state index contributed by atoms with van der Waals surface area (Å²) in [7, 11) is -4.10. The summed E-state index contributed by atoms with van der Waals surface area (Å²) in [6.45, 7) is 0.222. The Bertz CT molecular complexity index is 650. The maximum absolute atomic E-state index is 13.9. The van der Waals surface area contributed by atoms with Gasteiger partial charge in [0.25, 0.3) is 5.69 Å². The molecule has 1 aliphatic rings. The Balaban J connectivity index is 2.41. The first-order valence-electron chi connectivity index (χ1n) is 6.55. The third-order valence-electron chi connectivity index (χ3n) is 3.46. The molecule has 0 saturated carbocycles. The Kier molecular flexibility index (Phi) is 4.55. The SMILES string of the molecule is NC1CCCCCN1S(=O)(=O)c1ccc([N+](=O)[O-])cc1F. The molecule has 1 aliphatic heterocycles. The summed E-state index contributed by atoms with van der Waals surface area (Å²) >= 11 is 0. The first-order valence-corrected chi connectivity index (χ1v) is 7.99.